The van der Waals surface area contributed by atoms with Crippen LogP contribution in [0.5, 0.6) is 0 Å². The van der Waals surface area contributed by atoms with Gasteiger partial charge in [-0.2, -0.15) is 0 Å². The van der Waals surface area contributed by atoms with E-state index in [9.17, 15) is 24.6 Å². The first kappa shape index (κ1) is 23.4. The Labute approximate surface area is 160 Å². The quantitative estimate of drug-likeness (QED) is 0.336. The Morgan fingerprint density at radius 2 is 1.81 bits per heavy atom. The molecule has 1 aliphatic rings. The summed E-state index contributed by atoms with van der Waals surface area (Å²) in [6.45, 7) is 4.68. The van der Waals surface area contributed by atoms with E-state index in [1.165, 1.54) is 0 Å². The predicted octanol–water partition coefficient (Wildman–Crippen LogP) is 2.58. The predicted molar refractivity (Wildman–Crippen MR) is 100 cm³/mol. The first-order chi connectivity index (χ1) is 12.8. The third kappa shape index (κ3) is 5.90. The standard InChI is InChI=1S/C19H34N2O6/c1-3-5-6-7-11-19(18(26)27)15(17(24)25)10-13-21(19)20-12-8-9-14(4-2)16(22)23/h14-15,20H,3-13H2,1-2H3,(H,22,23)(H,24,25)(H,26,27)/t14?,15?,19-/m0/s1. The van der Waals surface area contributed by atoms with E-state index < -0.39 is 35.3 Å². The molecule has 0 aromatic rings. The van der Waals surface area contributed by atoms with Crippen LogP contribution in [-0.4, -0.2) is 56.9 Å². The van der Waals surface area contributed by atoms with Crippen LogP contribution in [0.4, 0.5) is 0 Å². The molecule has 0 bridgehead atoms. The number of hydrazine groups is 1. The highest BCUT2D eigenvalue weighted by Crippen LogP contribution is 2.39. The number of nitrogens with zero attached hydrogens (tertiary/aromatic N) is 1. The molecule has 3 atom stereocenters. The van der Waals surface area contributed by atoms with Crippen molar-refractivity contribution < 1.29 is 29.7 Å². The van der Waals surface area contributed by atoms with Crippen molar-refractivity contribution in [2.75, 3.05) is 13.1 Å². The molecule has 8 heteroatoms. The lowest BCUT2D eigenvalue weighted by Gasteiger charge is -2.37. The average molecular weight is 386 g/mol. The summed E-state index contributed by atoms with van der Waals surface area (Å²) in [5, 5.41) is 30.2. The summed E-state index contributed by atoms with van der Waals surface area (Å²) in [5.74, 6) is -4.36. The normalized spacial score (nSPS) is 24.0. The van der Waals surface area contributed by atoms with Crippen LogP contribution in [0.25, 0.3) is 0 Å². The summed E-state index contributed by atoms with van der Waals surface area (Å²) >= 11 is 0. The molecular weight excluding hydrogens is 352 g/mol. The van der Waals surface area contributed by atoms with Gasteiger partial charge in [0.05, 0.1) is 11.8 Å². The number of nitrogens with one attached hydrogen (secondary N) is 1. The Bertz CT molecular complexity index is 512. The summed E-state index contributed by atoms with van der Waals surface area (Å²) < 4.78 is 0. The van der Waals surface area contributed by atoms with Crippen molar-refractivity contribution in [2.45, 2.75) is 77.2 Å². The third-order valence-corrected chi connectivity index (χ3v) is 5.65. The second-order valence-corrected chi connectivity index (χ2v) is 7.36. The molecule has 1 heterocycles. The summed E-state index contributed by atoms with van der Waals surface area (Å²) in [6, 6.07) is 0. The number of unbranched alkanes of at least 4 members (excludes halogenated alkanes) is 3. The number of rotatable bonds is 14. The molecule has 1 rings (SSSR count). The van der Waals surface area contributed by atoms with Crippen molar-refractivity contribution in [1.82, 2.24) is 10.4 Å². The van der Waals surface area contributed by atoms with Gasteiger partial charge in [-0.15, -0.1) is 0 Å². The highest BCUT2D eigenvalue weighted by Gasteiger charge is 2.57. The topological polar surface area (TPSA) is 127 Å². The van der Waals surface area contributed by atoms with Gasteiger partial charge in [-0.1, -0.05) is 39.5 Å². The van der Waals surface area contributed by atoms with Crippen LogP contribution in [0.1, 0.15) is 71.6 Å². The number of carbonyl (C=O) groups is 3. The molecule has 0 aliphatic carbocycles. The maximum absolute atomic E-state index is 12.2. The second-order valence-electron chi connectivity index (χ2n) is 7.36. The monoisotopic (exact) mass is 386 g/mol. The molecule has 0 saturated carbocycles. The number of carboxylic acid groups (broad SMARTS) is 3. The van der Waals surface area contributed by atoms with E-state index in [0.29, 0.717) is 45.2 Å². The first-order valence-corrected chi connectivity index (χ1v) is 10.0. The van der Waals surface area contributed by atoms with E-state index in [1.54, 1.807) is 5.01 Å². The summed E-state index contributed by atoms with van der Waals surface area (Å²) in [5.41, 5.74) is 1.65. The second kappa shape index (κ2) is 11.2. The highest BCUT2D eigenvalue weighted by atomic mass is 16.4. The van der Waals surface area contributed by atoms with Crippen LogP contribution in [0, 0.1) is 11.8 Å². The zero-order valence-electron chi connectivity index (χ0n) is 16.4. The van der Waals surface area contributed by atoms with E-state index in [1.807, 2.05) is 6.92 Å². The Balaban J connectivity index is 2.77. The lowest BCUT2D eigenvalue weighted by Crippen LogP contribution is -2.60. The zero-order valence-corrected chi connectivity index (χ0v) is 16.4. The van der Waals surface area contributed by atoms with Crippen molar-refractivity contribution in [3.8, 4) is 0 Å². The van der Waals surface area contributed by atoms with Gasteiger partial charge in [0.15, 0.2) is 0 Å². The molecule has 0 amide bonds. The minimum atomic E-state index is -1.45. The fraction of sp³-hybridized carbons (Fsp3) is 0.842. The van der Waals surface area contributed by atoms with Crippen molar-refractivity contribution in [2.24, 2.45) is 11.8 Å². The molecule has 27 heavy (non-hydrogen) atoms. The van der Waals surface area contributed by atoms with Gasteiger partial charge in [0.1, 0.15) is 5.54 Å². The number of carboxylic acids is 3. The number of aliphatic carboxylic acids is 3. The molecule has 1 saturated heterocycles. The molecule has 8 nitrogen and oxygen atoms in total. The Morgan fingerprint density at radius 3 is 2.33 bits per heavy atom. The third-order valence-electron chi connectivity index (χ3n) is 5.65. The molecule has 0 aromatic heterocycles. The van der Waals surface area contributed by atoms with E-state index in [4.69, 9.17) is 5.11 Å². The summed E-state index contributed by atoms with van der Waals surface area (Å²) in [7, 11) is 0. The Hall–Kier alpha value is -1.67. The van der Waals surface area contributed by atoms with Crippen LogP contribution in [0.15, 0.2) is 0 Å². The fourth-order valence-electron chi connectivity index (χ4n) is 4.00. The zero-order chi connectivity index (χ0) is 20.4. The van der Waals surface area contributed by atoms with Crippen molar-refractivity contribution >= 4 is 17.9 Å². The molecule has 0 spiro atoms. The van der Waals surface area contributed by atoms with Gasteiger partial charge in [0.2, 0.25) is 0 Å². The van der Waals surface area contributed by atoms with Gasteiger partial charge < -0.3 is 15.3 Å². The van der Waals surface area contributed by atoms with Crippen LogP contribution in [-0.2, 0) is 14.4 Å². The van der Waals surface area contributed by atoms with Gasteiger partial charge in [0.25, 0.3) is 0 Å². The lowest BCUT2D eigenvalue weighted by molar-refractivity contribution is -0.163. The van der Waals surface area contributed by atoms with E-state index in [2.05, 4.69) is 12.3 Å². The highest BCUT2D eigenvalue weighted by molar-refractivity contribution is 5.87. The molecule has 2 unspecified atom stereocenters. The minimum Gasteiger partial charge on any atom is -0.481 e. The molecule has 0 radical (unpaired) electrons. The summed E-state index contributed by atoms with van der Waals surface area (Å²) in [4.78, 5) is 35.0. The SMILES string of the molecule is CCCCCC[C@@]1(C(=O)O)C(C(=O)O)CCN1NCCCC(CC)C(=O)O. The maximum atomic E-state index is 12.2. The Morgan fingerprint density at radius 1 is 1.11 bits per heavy atom. The largest absolute Gasteiger partial charge is 0.481 e. The number of hydrogen-bond donors (Lipinski definition) is 4. The first-order valence-electron chi connectivity index (χ1n) is 10.0. The van der Waals surface area contributed by atoms with Gasteiger partial charge in [-0.05, 0) is 32.1 Å². The van der Waals surface area contributed by atoms with Crippen molar-refractivity contribution in [3.05, 3.63) is 0 Å². The molecule has 0 aromatic carbocycles. The van der Waals surface area contributed by atoms with Gasteiger partial charge in [0, 0.05) is 13.1 Å². The van der Waals surface area contributed by atoms with Crippen LogP contribution in [0.2, 0.25) is 0 Å². The molecule has 1 aliphatic heterocycles. The molecule has 156 valence electrons. The lowest BCUT2D eigenvalue weighted by atomic mass is 9.80. The molecule has 4 N–H and O–H groups in total. The van der Waals surface area contributed by atoms with Crippen LogP contribution in [0.3, 0.4) is 0 Å². The average Bonchev–Trinajstić information content (AvgIpc) is 2.98. The minimum absolute atomic E-state index is 0.287. The maximum Gasteiger partial charge on any atom is 0.326 e. The van der Waals surface area contributed by atoms with Crippen LogP contribution < -0.4 is 5.43 Å². The number of hydrogen-bond acceptors (Lipinski definition) is 5. The van der Waals surface area contributed by atoms with E-state index >= 15 is 0 Å². The van der Waals surface area contributed by atoms with Gasteiger partial charge >= 0.3 is 17.9 Å². The van der Waals surface area contributed by atoms with Gasteiger partial charge in [-0.25, -0.2) is 5.01 Å². The smallest absolute Gasteiger partial charge is 0.326 e. The Kier molecular flexibility index (Phi) is 9.73. The molecular formula is C19H34N2O6. The van der Waals surface area contributed by atoms with E-state index in [-0.39, 0.29) is 6.42 Å². The van der Waals surface area contributed by atoms with Gasteiger partial charge in [-0.3, -0.25) is 19.8 Å². The summed E-state index contributed by atoms with van der Waals surface area (Å²) in [6.07, 6.45) is 5.78. The van der Waals surface area contributed by atoms with E-state index in [0.717, 1.165) is 19.3 Å². The fourth-order valence-corrected chi connectivity index (χ4v) is 4.00. The van der Waals surface area contributed by atoms with Crippen LogP contribution >= 0.6 is 0 Å². The van der Waals surface area contributed by atoms with Crippen molar-refractivity contribution in [1.29, 1.82) is 0 Å². The molecule has 1 fully saturated rings. The van der Waals surface area contributed by atoms with Crippen molar-refractivity contribution in [3.63, 3.8) is 0 Å².